The number of rotatable bonds is 3. The van der Waals surface area contributed by atoms with Gasteiger partial charge in [0.05, 0.1) is 0 Å². The van der Waals surface area contributed by atoms with Gasteiger partial charge in [0, 0.05) is 0 Å². The average molecular weight is 212 g/mol. The molecular weight excluding hydrogens is 196 g/mol. The van der Waals surface area contributed by atoms with Crippen molar-refractivity contribution in [1.29, 1.82) is 0 Å². The van der Waals surface area contributed by atoms with Crippen LogP contribution in [-0.4, -0.2) is 5.78 Å². The fourth-order valence-electron chi connectivity index (χ4n) is 1.84. The van der Waals surface area contributed by atoms with Crippen LogP contribution in [0.15, 0.2) is 59.8 Å². The lowest BCUT2D eigenvalue weighted by Crippen LogP contribution is -2.00. The first-order valence-corrected chi connectivity index (χ1v) is 5.81. The number of allylic oxidation sites excluding steroid dienone is 10. The van der Waals surface area contributed by atoms with E-state index in [1.54, 1.807) is 6.08 Å². The maximum Gasteiger partial charge on any atom is 0.181 e. The van der Waals surface area contributed by atoms with Gasteiger partial charge in [0.15, 0.2) is 5.78 Å². The quantitative estimate of drug-likeness (QED) is 0.652. The lowest BCUT2D eigenvalue weighted by atomic mass is 9.99. The van der Waals surface area contributed by atoms with Gasteiger partial charge in [-0.15, -0.1) is 0 Å². The first-order chi connectivity index (χ1) is 7.86. The topological polar surface area (TPSA) is 17.1 Å². The summed E-state index contributed by atoms with van der Waals surface area (Å²) >= 11 is 0. The van der Waals surface area contributed by atoms with Crippen LogP contribution in [-0.2, 0) is 4.79 Å². The molecule has 0 spiro atoms. The average Bonchev–Trinajstić information content (AvgIpc) is 2.38. The summed E-state index contributed by atoms with van der Waals surface area (Å²) in [5.74, 6) is 0.143. The van der Waals surface area contributed by atoms with Crippen molar-refractivity contribution in [3.63, 3.8) is 0 Å². The minimum Gasteiger partial charge on any atom is -0.290 e. The highest BCUT2D eigenvalue weighted by Crippen LogP contribution is 2.15. The molecule has 16 heavy (non-hydrogen) atoms. The maximum atomic E-state index is 11.8. The van der Waals surface area contributed by atoms with E-state index in [0.717, 1.165) is 36.8 Å². The second-order valence-electron chi connectivity index (χ2n) is 4.04. The Morgan fingerprint density at radius 2 is 2.12 bits per heavy atom. The molecule has 1 nitrogen and oxygen atoms in total. The fourth-order valence-corrected chi connectivity index (χ4v) is 1.84. The molecule has 2 aliphatic carbocycles. The number of carbonyl (C=O) groups is 1. The van der Waals surface area contributed by atoms with Gasteiger partial charge in [-0.2, -0.15) is 0 Å². The van der Waals surface area contributed by atoms with E-state index in [4.69, 9.17) is 0 Å². The summed E-state index contributed by atoms with van der Waals surface area (Å²) in [5, 5.41) is 0. The molecule has 2 rings (SSSR count). The zero-order valence-electron chi connectivity index (χ0n) is 9.36. The van der Waals surface area contributed by atoms with Crippen LogP contribution in [0, 0.1) is 0 Å². The smallest absolute Gasteiger partial charge is 0.181 e. The van der Waals surface area contributed by atoms with Crippen LogP contribution >= 0.6 is 0 Å². The van der Waals surface area contributed by atoms with Crippen molar-refractivity contribution in [2.45, 2.75) is 25.7 Å². The zero-order valence-corrected chi connectivity index (χ0v) is 9.36. The number of hydrogen-bond acceptors (Lipinski definition) is 1. The SMILES string of the molecule is O=C(/C=C/C1=CCCC=C1)C1=CC=CCC1. The molecule has 0 aliphatic heterocycles. The Balaban J connectivity index is 1.99. The van der Waals surface area contributed by atoms with Gasteiger partial charge in [0.2, 0.25) is 0 Å². The second kappa shape index (κ2) is 5.45. The lowest BCUT2D eigenvalue weighted by molar-refractivity contribution is -0.111. The summed E-state index contributed by atoms with van der Waals surface area (Å²) in [6.07, 6.45) is 20.0. The molecule has 0 aromatic heterocycles. The molecule has 0 heterocycles. The van der Waals surface area contributed by atoms with Crippen molar-refractivity contribution in [2.24, 2.45) is 0 Å². The van der Waals surface area contributed by atoms with Gasteiger partial charge in [-0.1, -0.05) is 42.5 Å². The van der Waals surface area contributed by atoms with Crippen molar-refractivity contribution in [1.82, 2.24) is 0 Å². The summed E-state index contributed by atoms with van der Waals surface area (Å²) in [7, 11) is 0. The third kappa shape index (κ3) is 2.93. The summed E-state index contributed by atoms with van der Waals surface area (Å²) in [6.45, 7) is 0. The van der Waals surface area contributed by atoms with E-state index in [0.29, 0.717) is 0 Å². The summed E-state index contributed by atoms with van der Waals surface area (Å²) in [5.41, 5.74) is 2.06. The van der Waals surface area contributed by atoms with Crippen LogP contribution in [0.2, 0.25) is 0 Å². The van der Waals surface area contributed by atoms with Gasteiger partial charge in [0.1, 0.15) is 0 Å². The van der Waals surface area contributed by atoms with Crippen molar-refractivity contribution < 1.29 is 4.79 Å². The standard InChI is InChI=1S/C15H16O/c16-15(14-9-5-2-6-10-14)12-11-13-7-3-1-4-8-13/h2-3,5,7-9,11-12H,1,4,6,10H2/b12-11+. The Hall–Kier alpha value is -1.63. The van der Waals surface area contributed by atoms with E-state index in [-0.39, 0.29) is 5.78 Å². The molecular formula is C15H16O. The molecule has 0 aromatic rings. The molecule has 0 fully saturated rings. The molecule has 0 saturated heterocycles. The molecule has 0 N–H and O–H groups in total. The molecule has 0 atom stereocenters. The number of hydrogen-bond donors (Lipinski definition) is 0. The van der Waals surface area contributed by atoms with E-state index in [1.165, 1.54) is 0 Å². The lowest BCUT2D eigenvalue weighted by Gasteiger charge is -2.05. The van der Waals surface area contributed by atoms with Crippen LogP contribution in [0.3, 0.4) is 0 Å². The summed E-state index contributed by atoms with van der Waals surface area (Å²) < 4.78 is 0. The molecule has 0 saturated carbocycles. The van der Waals surface area contributed by atoms with Gasteiger partial charge in [-0.25, -0.2) is 0 Å². The molecule has 1 heteroatoms. The molecule has 0 radical (unpaired) electrons. The first-order valence-electron chi connectivity index (χ1n) is 5.81. The monoisotopic (exact) mass is 212 g/mol. The highest BCUT2D eigenvalue weighted by atomic mass is 16.1. The Bertz CT molecular complexity index is 417. The molecule has 82 valence electrons. The largest absolute Gasteiger partial charge is 0.290 e. The Labute approximate surface area is 96.6 Å². The third-order valence-electron chi connectivity index (χ3n) is 2.78. The van der Waals surface area contributed by atoms with Gasteiger partial charge in [0.25, 0.3) is 0 Å². The normalized spacial score (nSPS) is 19.8. The number of carbonyl (C=O) groups excluding carboxylic acids is 1. The van der Waals surface area contributed by atoms with Crippen molar-refractivity contribution in [2.75, 3.05) is 0 Å². The van der Waals surface area contributed by atoms with E-state index in [1.807, 2.05) is 18.2 Å². The minimum absolute atomic E-state index is 0.143. The van der Waals surface area contributed by atoms with Crippen LogP contribution in [0.5, 0.6) is 0 Å². The zero-order chi connectivity index (χ0) is 11.2. The van der Waals surface area contributed by atoms with Crippen LogP contribution in [0.25, 0.3) is 0 Å². The number of ketones is 1. The second-order valence-corrected chi connectivity index (χ2v) is 4.04. The van der Waals surface area contributed by atoms with Crippen LogP contribution in [0.1, 0.15) is 25.7 Å². The maximum absolute atomic E-state index is 11.8. The molecule has 0 bridgehead atoms. The van der Waals surface area contributed by atoms with Gasteiger partial charge >= 0.3 is 0 Å². The van der Waals surface area contributed by atoms with Gasteiger partial charge < -0.3 is 0 Å². The predicted molar refractivity (Wildman–Crippen MR) is 67.1 cm³/mol. The van der Waals surface area contributed by atoms with Crippen LogP contribution in [0.4, 0.5) is 0 Å². The predicted octanol–water partition coefficient (Wildman–Crippen LogP) is 3.66. The van der Waals surface area contributed by atoms with Gasteiger partial charge in [-0.05, 0) is 42.9 Å². The van der Waals surface area contributed by atoms with Gasteiger partial charge in [-0.3, -0.25) is 4.79 Å². The molecule has 0 unspecified atom stereocenters. The van der Waals surface area contributed by atoms with E-state index in [9.17, 15) is 4.79 Å². The third-order valence-corrected chi connectivity index (χ3v) is 2.78. The van der Waals surface area contributed by atoms with Crippen molar-refractivity contribution >= 4 is 5.78 Å². The first kappa shape index (κ1) is 10.9. The van der Waals surface area contributed by atoms with E-state index in [2.05, 4.69) is 24.3 Å². The molecule has 2 aliphatic rings. The minimum atomic E-state index is 0.143. The Kier molecular flexibility index (Phi) is 3.71. The Morgan fingerprint density at radius 3 is 2.81 bits per heavy atom. The van der Waals surface area contributed by atoms with Crippen molar-refractivity contribution in [3.05, 3.63) is 59.8 Å². The van der Waals surface area contributed by atoms with Crippen LogP contribution < -0.4 is 0 Å². The summed E-state index contributed by atoms with van der Waals surface area (Å²) in [6, 6.07) is 0. The summed E-state index contributed by atoms with van der Waals surface area (Å²) in [4.78, 5) is 11.8. The van der Waals surface area contributed by atoms with Crippen molar-refractivity contribution in [3.8, 4) is 0 Å². The van der Waals surface area contributed by atoms with E-state index < -0.39 is 0 Å². The van der Waals surface area contributed by atoms with E-state index >= 15 is 0 Å². The highest BCUT2D eigenvalue weighted by molar-refractivity contribution is 6.04. The molecule has 0 aromatic carbocycles. The fraction of sp³-hybridized carbons (Fsp3) is 0.267. The Morgan fingerprint density at radius 1 is 1.19 bits per heavy atom. The molecule has 0 amide bonds. The highest BCUT2D eigenvalue weighted by Gasteiger charge is 2.06.